The number of benzene rings is 1. The van der Waals surface area contributed by atoms with Crippen molar-refractivity contribution < 1.29 is 9.84 Å². The van der Waals surface area contributed by atoms with E-state index in [0.29, 0.717) is 6.42 Å². The summed E-state index contributed by atoms with van der Waals surface area (Å²) in [6, 6.07) is 6.02. The van der Waals surface area contributed by atoms with Gasteiger partial charge in [0.15, 0.2) is 0 Å². The first-order valence-electron chi connectivity index (χ1n) is 6.03. The van der Waals surface area contributed by atoms with Gasteiger partial charge in [0.1, 0.15) is 5.75 Å². The lowest BCUT2D eigenvalue weighted by Crippen LogP contribution is -2.47. The quantitative estimate of drug-likeness (QED) is 0.785. The van der Waals surface area contributed by atoms with Crippen molar-refractivity contribution in [3.63, 3.8) is 0 Å². The molecule has 1 heterocycles. The van der Waals surface area contributed by atoms with E-state index >= 15 is 0 Å². The molecule has 0 saturated heterocycles. The van der Waals surface area contributed by atoms with E-state index in [4.69, 9.17) is 4.74 Å². The molecule has 0 radical (unpaired) electrons. The summed E-state index contributed by atoms with van der Waals surface area (Å²) < 4.78 is 5.23. The number of rotatable bonds is 1. The Morgan fingerprint density at radius 2 is 2.06 bits per heavy atom. The molecule has 0 aromatic heterocycles. The summed E-state index contributed by atoms with van der Waals surface area (Å²) in [6.07, 6.45) is 0.366. The highest BCUT2D eigenvalue weighted by Gasteiger charge is 2.35. The van der Waals surface area contributed by atoms with Crippen LogP contribution in [0.3, 0.4) is 0 Å². The fourth-order valence-electron chi connectivity index (χ4n) is 2.40. The number of anilines is 1. The molecule has 2 atom stereocenters. The SMILES string of the molecule is COc1ccc2c(c1)NC(C(C)(C)C)C(O)C2. The predicted octanol–water partition coefficient (Wildman–Crippen LogP) is 2.44. The molecule has 0 aliphatic carbocycles. The molecule has 2 unspecified atom stereocenters. The summed E-state index contributed by atoms with van der Waals surface area (Å²) in [5.41, 5.74) is 2.26. The van der Waals surface area contributed by atoms with Crippen molar-refractivity contribution in [1.29, 1.82) is 0 Å². The van der Waals surface area contributed by atoms with Gasteiger partial charge in [0.05, 0.1) is 19.3 Å². The molecule has 0 fully saturated rings. The number of aliphatic hydroxyl groups excluding tert-OH is 1. The van der Waals surface area contributed by atoms with E-state index in [1.54, 1.807) is 7.11 Å². The van der Waals surface area contributed by atoms with Gasteiger partial charge in [-0.25, -0.2) is 0 Å². The lowest BCUT2D eigenvalue weighted by molar-refractivity contribution is 0.0986. The summed E-state index contributed by atoms with van der Waals surface area (Å²) in [5, 5.41) is 13.6. The first-order valence-corrected chi connectivity index (χ1v) is 6.03. The average Bonchev–Trinajstić information content (AvgIpc) is 2.26. The molecule has 1 aromatic rings. The zero-order chi connectivity index (χ0) is 12.6. The Kier molecular flexibility index (Phi) is 3.04. The molecule has 0 saturated carbocycles. The molecule has 94 valence electrons. The minimum atomic E-state index is -0.337. The van der Waals surface area contributed by atoms with Gasteiger partial charge in [0, 0.05) is 18.2 Å². The van der Waals surface area contributed by atoms with Gasteiger partial charge >= 0.3 is 0 Å². The van der Waals surface area contributed by atoms with Gasteiger partial charge in [-0.15, -0.1) is 0 Å². The minimum absolute atomic E-state index is 0.0280. The Morgan fingerprint density at radius 3 is 2.65 bits per heavy atom. The number of methoxy groups -OCH3 is 1. The Morgan fingerprint density at radius 1 is 1.35 bits per heavy atom. The van der Waals surface area contributed by atoms with Crippen LogP contribution in [0.1, 0.15) is 26.3 Å². The standard InChI is InChI=1S/C14H21NO2/c1-14(2,3)13-12(16)7-9-5-6-10(17-4)8-11(9)15-13/h5-6,8,12-13,15-16H,7H2,1-4H3. The summed E-state index contributed by atoms with van der Waals surface area (Å²) in [5.74, 6) is 0.847. The van der Waals surface area contributed by atoms with Gasteiger partial charge in [-0.3, -0.25) is 0 Å². The Labute approximate surface area is 103 Å². The number of nitrogens with one attached hydrogen (secondary N) is 1. The second-order valence-corrected chi connectivity index (χ2v) is 5.78. The molecular formula is C14H21NO2. The number of hydrogen-bond acceptors (Lipinski definition) is 3. The highest BCUT2D eigenvalue weighted by molar-refractivity contribution is 5.58. The van der Waals surface area contributed by atoms with E-state index in [-0.39, 0.29) is 17.6 Å². The van der Waals surface area contributed by atoms with Crippen LogP contribution in [0.4, 0.5) is 5.69 Å². The van der Waals surface area contributed by atoms with Crippen LogP contribution in [0.5, 0.6) is 5.75 Å². The number of ether oxygens (including phenoxy) is 1. The summed E-state index contributed by atoms with van der Waals surface area (Å²) >= 11 is 0. The van der Waals surface area contributed by atoms with Crippen LogP contribution >= 0.6 is 0 Å². The van der Waals surface area contributed by atoms with Crippen LogP contribution in [0.2, 0.25) is 0 Å². The monoisotopic (exact) mass is 235 g/mol. The van der Waals surface area contributed by atoms with Crippen molar-refractivity contribution in [2.24, 2.45) is 5.41 Å². The van der Waals surface area contributed by atoms with Gasteiger partial charge in [-0.05, 0) is 17.0 Å². The summed E-state index contributed by atoms with van der Waals surface area (Å²) in [7, 11) is 1.67. The molecule has 3 nitrogen and oxygen atoms in total. The third kappa shape index (κ3) is 2.39. The number of aliphatic hydroxyl groups is 1. The van der Waals surface area contributed by atoms with E-state index < -0.39 is 0 Å². The van der Waals surface area contributed by atoms with Crippen molar-refractivity contribution in [2.75, 3.05) is 12.4 Å². The third-order valence-electron chi connectivity index (χ3n) is 3.37. The maximum atomic E-state index is 10.2. The van der Waals surface area contributed by atoms with E-state index in [1.807, 2.05) is 18.2 Å². The summed E-state index contributed by atoms with van der Waals surface area (Å²) in [4.78, 5) is 0. The predicted molar refractivity (Wildman–Crippen MR) is 69.6 cm³/mol. The molecule has 0 spiro atoms. The van der Waals surface area contributed by atoms with Crippen molar-refractivity contribution >= 4 is 5.69 Å². The molecule has 3 heteroatoms. The smallest absolute Gasteiger partial charge is 0.120 e. The van der Waals surface area contributed by atoms with Gasteiger partial charge in [-0.1, -0.05) is 26.8 Å². The second-order valence-electron chi connectivity index (χ2n) is 5.78. The number of hydrogen-bond donors (Lipinski definition) is 2. The van der Waals surface area contributed by atoms with Crippen molar-refractivity contribution in [3.8, 4) is 5.75 Å². The molecule has 1 aliphatic rings. The zero-order valence-electron chi connectivity index (χ0n) is 10.9. The molecule has 1 aromatic carbocycles. The zero-order valence-corrected chi connectivity index (χ0v) is 10.9. The highest BCUT2D eigenvalue weighted by Crippen LogP contribution is 2.35. The normalized spacial score (nSPS) is 23.8. The van der Waals surface area contributed by atoms with Crippen molar-refractivity contribution in [2.45, 2.75) is 39.3 Å². The Bertz CT molecular complexity index is 409. The van der Waals surface area contributed by atoms with Gasteiger partial charge in [0.25, 0.3) is 0 Å². The van der Waals surface area contributed by atoms with E-state index in [9.17, 15) is 5.11 Å². The molecule has 2 N–H and O–H groups in total. The van der Waals surface area contributed by atoms with Crippen LogP contribution in [0.15, 0.2) is 18.2 Å². The third-order valence-corrected chi connectivity index (χ3v) is 3.37. The maximum absolute atomic E-state index is 10.2. The minimum Gasteiger partial charge on any atom is -0.497 e. The lowest BCUT2D eigenvalue weighted by Gasteiger charge is -2.40. The van der Waals surface area contributed by atoms with E-state index in [0.717, 1.165) is 17.0 Å². The lowest BCUT2D eigenvalue weighted by atomic mass is 9.79. The molecule has 2 rings (SSSR count). The molecule has 0 bridgehead atoms. The Hall–Kier alpha value is -1.22. The molecular weight excluding hydrogens is 214 g/mol. The number of fused-ring (bicyclic) bond motifs is 1. The average molecular weight is 235 g/mol. The van der Waals surface area contributed by atoms with Crippen LogP contribution in [-0.2, 0) is 6.42 Å². The Balaban J connectivity index is 2.32. The van der Waals surface area contributed by atoms with Crippen molar-refractivity contribution in [1.82, 2.24) is 0 Å². The maximum Gasteiger partial charge on any atom is 0.120 e. The molecule has 0 amide bonds. The topological polar surface area (TPSA) is 41.5 Å². The fourth-order valence-corrected chi connectivity index (χ4v) is 2.40. The van der Waals surface area contributed by atoms with Crippen LogP contribution < -0.4 is 10.1 Å². The summed E-state index contributed by atoms with van der Waals surface area (Å²) in [6.45, 7) is 6.41. The highest BCUT2D eigenvalue weighted by atomic mass is 16.5. The van der Waals surface area contributed by atoms with E-state index in [1.165, 1.54) is 0 Å². The van der Waals surface area contributed by atoms with Crippen molar-refractivity contribution in [3.05, 3.63) is 23.8 Å². The largest absolute Gasteiger partial charge is 0.497 e. The second kappa shape index (κ2) is 4.22. The first kappa shape index (κ1) is 12.2. The van der Waals surface area contributed by atoms with Gasteiger partial charge in [0.2, 0.25) is 0 Å². The fraction of sp³-hybridized carbons (Fsp3) is 0.571. The van der Waals surface area contributed by atoms with Crippen LogP contribution in [0.25, 0.3) is 0 Å². The van der Waals surface area contributed by atoms with Gasteiger partial charge < -0.3 is 15.2 Å². The first-order chi connectivity index (χ1) is 7.91. The van der Waals surface area contributed by atoms with Crippen LogP contribution in [-0.4, -0.2) is 24.4 Å². The van der Waals surface area contributed by atoms with Gasteiger partial charge in [-0.2, -0.15) is 0 Å². The van der Waals surface area contributed by atoms with E-state index in [2.05, 4.69) is 26.1 Å². The van der Waals surface area contributed by atoms with Crippen LogP contribution in [0, 0.1) is 5.41 Å². The molecule has 1 aliphatic heterocycles. The molecule has 17 heavy (non-hydrogen) atoms.